The van der Waals surface area contributed by atoms with E-state index in [0.717, 1.165) is 41.5 Å². The fourth-order valence-corrected chi connectivity index (χ4v) is 5.46. The zero-order valence-electron chi connectivity index (χ0n) is 20.2. The molecule has 0 unspecified atom stereocenters. The summed E-state index contributed by atoms with van der Waals surface area (Å²) in [6.45, 7) is 2.22. The van der Waals surface area contributed by atoms with Gasteiger partial charge in [-0.05, 0) is 41.5 Å². The van der Waals surface area contributed by atoms with Gasteiger partial charge in [-0.2, -0.15) is 0 Å². The third kappa shape index (κ3) is 5.34. The summed E-state index contributed by atoms with van der Waals surface area (Å²) in [5.41, 5.74) is 3.79. The van der Waals surface area contributed by atoms with E-state index in [9.17, 15) is 19.5 Å². The second kappa shape index (κ2) is 10.9. The van der Waals surface area contributed by atoms with E-state index in [4.69, 9.17) is 4.74 Å². The zero-order valence-corrected chi connectivity index (χ0v) is 20.2. The number of alkyl carbamates (subject to hydrolysis) is 1. The van der Waals surface area contributed by atoms with Gasteiger partial charge in [-0.3, -0.25) is 4.79 Å². The second-order valence-corrected chi connectivity index (χ2v) is 9.67. The number of carbonyl (C=O) groups is 3. The standard InChI is InChI=1S/C28H34N2O5/c1-2-10-24(25(31)32)30-26(33)28(15-8-3-9-16-28)18-29-27(34)35-17-23-21-13-6-4-11-19(21)20-12-5-7-14-22(20)23/h4-7,11-14,23-24H,2-3,8-10,15-18H2,1H3,(H,29,34)(H,30,33)(H,31,32)/t24-/m0/s1. The predicted octanol–water partition coefficient (Wildman–Crippen LogP) is 4.85. The van der Waals surface area contributed by atoms with Crippen LogP contribution in [0.3, 0.4) is 0 Å². The van der Waals surface area contributed by atoms with E-state index in [2.05, 4.69) is 34.9 Å². The molecular weight excluding hydrogens is 444 g/mol. The van der Waals surface area contributed by atoms with Gasteiger partial charge >= 0.3 is 12.1 Å². The number of amides is 2. The van der Waals surface area contributed by atoms with Crippen LogP contribution in [-0.2, 0) is 14.3 Å². The summed E-state index contributed by atoms with van der Waals surface area (Å²) in [5, 5.41) is 15.0. The van der Waals surface area contributed by atoms with Crippen molar-refractivity contribution < 1.29 is 24.2 Å². The monoisotopic (exact) mass is 478 g/mol. The lowest BCUT2D eigenvalue weighted by molar-refractivity contribution is -0.144. The number of carboxylic acid groups (broad SMARTS) is 1. The maximum atomic E-state index is 13.2. The quantitative estimate of drug-likeness (QED) is 0.478. The summed E-state index contributed by atoms with van der Waals surface area (Å²) in [6, 6.07) is 15.4. The first kappa shape index (κ1) is 24.8. The van der Waals surface area contributed by atoms with Crippen LogP contribution >= 0.6 is 0 Å². The van der Waals surface area contributed by atoms with Crippen molar-refractivity contribution in [3.05, 3.63) is 59.7 Å². The summed E-state index contributed by atoms with van der Waals surface area (Å²) >= 11 is 0. The minimum atomic E-state index is -1.03. The Balaban J connectivity index is 1.39. The van der Waals surface area contributed by atoms with Gasteiger partial charge < -0.3 is 20.5 Å². The van der Waals surface area contributed by atoms with E-state index < -0.39 is 23.5 Å². The molecular formula is C28H34N2O5. The van der Waals surface area contributed by atoms with Gasteiger partial charge in [0, 0.05) is 12.5 Å². The molecule has 1 saturated carbocycles. The molecule has 2 amide bonds. The molecule has 0 radical (unpaired) electrons. The summed E-state index contributed by atoms with van der Waals surface area (Å²) in [5.74, 6) is -1.36. The number of carbonyl (C=O) groups excluding carboxylic acids is 2. The molecule has 0 aromatic heterocycles. The van der Waals surface area contributed by atoms with Crippen molar-refractivity contribution >= 4 is 18.0 Å². The molecule has 7 nitrogen and oxygen atoms in total. The molecule has 186 valence electrons. The van der Waals surface area contributed by atoms with Gasteiger partial charge in [0.15, 0.2) is 0 Å². The highest BCUT2D eigenvalue weighted by atomic mass is 16.5. The first-order valence-electron chi connectivity index (χ1n) is 12.6. The maximum absolute atomic E-state index is 13.2. The van der Waals surface area contributed by atoms with Crippen molar-refractivity contribution in [1.29, 1.82) is 0 Å². The summed E-state index contributed by atoms with van der Waals surface area (Å²) in [6.07, 6.45) is 4.45. The van der Waals surface area contributed by atoms with Crippen molar-refractivity contribution in [2.45, 2.75) is 63.8 Å². The minimum absolute atomic E-state index is 0.0366. The molecule has 2 aromatic rings. The Labute approximate surface area is 206 Å². The number of benzene rings is 2. The van der Waals surface area contributed by atoms with Gasteiger partial charge in [0.05, 0.1) is 5.41 Å². The SMILES string of the molecule is CCC[C@H](NC(=O)C1(CNC(=O)OCC2c3ccccc3-c3ccccc32)CCCCC1)C(=O)O. The van der Waals surface area contributed by atoms with Crippen LogP contribution in [0.2, 0.25) is 0 Å². The molecule has 2 aliphatic carbocycles. The lowest BCUT2D eigenvalue weighted by Gasteiger charge is -2.36. The molecule has 7 heteroatoms. The molecule has 0 bridgehead atoms. The van der Waals surface area contributed by atoms with E-state index in [1.54, 1.807) is 0 Å². The van der Waals surface area contributed by atoms with Crippen LogP contribution in [0.25, 0.3) is 11.1 Å². The van der Waals surface area contributed by atoms with Crippen LogP contribution in [0.1, 0.15) is 68.9 Å². The van der Waals surface area contributed by atoms with Gasteiger partial charge in [0.25, 0.3) is 0 Å². The molecule has 3 N–H and O–H groups in total. The average Bonchev–Trinajstić information content (AvgIpc) is 3.20. The van der Waals surface area contributed by atoms with Crippen molar-refractivity contribution in [2.75, 3.05) is 13.2 Å². The van der Waals surface area contributed by atoms with Crippen LogP contribution in [0.15, 0.2) is 48.5 Å². The average molecular weight is 479 g/mol. The minimum Gasteiger partial charge on any atom is -0.480 e. The molecule has 0 spiro atoms. The third-order valence-electron chi connectivity index (χ3n) is 7.39. The first-order chi connectivity index (χ1) is 16.9. The van der Waals surface area contributed by atoms with E-state index in [1.807, 2.05) is 31.2 Å². The Morgan fingerprint density at radius 2 is 1.60 bits per heavy atom. The van der Waals surface area contributed by atoms with Crippen LogP contribution in [0.5, 0.6) is 0 Å². The molecule has 2 aromatic carbocycles. The van der Waals surface area contributed by atoms with Gasteiger partial charge in [0.1, 0.15) is 12.6 Å². The normalized spacial score (nSPS) is 17.1. The molecule has 4 rings (SSSR count). The topological polar surface area (TPSA) is 105 Å². The van der Waals surface area contributed by atoms with E-state index in [0.29, 0.717) is 25.7 Å². The highest BCUT2D eigenvalue weighted by Gasteiger charge is 2.41. The van der Waals surface area contributed by atoms with Gasteiger partial charge in [-0.25, -0.2) is 9.59 Å². The Kier molecular flexibility index (Phi) is 7.73. The lowest BCUT2D eigenvalue weighted by Crippen LogP contribution is -2.53. The number of rotatable bonds is 9. The van der Waals surface area contributed by atoms with Crippen LogP contribution in [-0.4, -0.2) is 42.3 Å². The highest BCUT2D eigenvalue weighted by molar-refractivity contribution is 5.88. The molecule has 2 aliphatic rings. The number of ether oxygens (including phenoxy) is 1. The number of fused-ring (bicyclic) bond motifs is 3. The van der Waals surface area contributed by atoms with Gasteiger partial charge in [0.2, 0.25) is 5.91 Å². The van der Waals surface area contributed by atoms with Crippen LogP contribution in [0, 0.1) is 5.41 Å². The van der Waals surface area contributed by atoms with Gasteiger partial charge in [-0.1, -0.05) is 81.1 Å². The Morgan fingerprint density at radius 1 is 1.00 bits per heavy atom. The van der Waals surface area contributed by atoms with E-state index in [1.165, 1.54) is 0 Å². The first-order valence-corrected chi connectivity index (χ1v) is 12.6. The molecule has 0 aliphatic heterocycles. The van der Waals surface area contributed by atoms with Crippen LogP contribution < -0.4 is 10.6 Å². The van der Waals surface area contributed by atoms with E-state index in [-0.39, 0.29) is 25.0 Å². The van der Waals surface area contributed by atoms with Gasteiger partial charge in [-0.15, -0.1) is 0 Å². The number of hydrogen-bond acceptors (Lipinski definition) is 4. The largest absolute Gasteiger partial charge is 0.480 e. The number of aliphatic carboxylic acids is 1. The van der Waals surface area contributed by atoms with E-state index >= 15 is 0 Å². The van der Waals surface area contributed by atoms with Crippen molar-refractivity contribution in [3.63, 3.8) is 0 Å². The maximum Gasteiger partial charge on any atom is 0.407 e. The Hall–Kier alpha value is -3.35. The van der Waals surface area contributed by atoms with Crippen molar-refractivity contribution in [1.82, 2.24) is 10.6 Å². The number of hydrogen-bond donors (Lipinski definition) is 3. The summed E-state index contributed by atoms with van der Waals surface area (Å²) in [4.78, 5) is 37.5. The molecule has 35 heavy (non-hydrogen) atoms. The molecule has 0 saturated heterocycles. The smallest absolute Gasteiger partial charge is 0.407 e. The zero-order chi connectivity index (χ0) is 24.8. The Bertz CT molecular complexity index is 1030. The molecule has 0 heterocycles. The van der Waals surface area contributed by atoms with Crippen molar-refractivity contribution in [2.24, 2.45) is 5.41 Å². The summed E-state index contributed by atoms with van der Waals surface area (Å²) in [7, 11) is 0. The molecule has 1 atom stereocenters. The lowest BCUT2D eigenvalue weighted by atomic mass is 9.73. The third-order valence-corrected chi connectivity index (χ3v) is 7.39. The van der Waals surface area contributed by atoms with Crippen LogP contribution in [0.4, 0.5) is 4.79 Å². The molecule has 1 fully saturated rings. The fraction of sp³-hybridized carbons (Fsp3) is 0.464. The number of nitrogens with one attached hydrogen (secondary N) is 2. The highest BCUT2D eigenvalue weighted by Crippen LogP contribution is 2.44. The Morgan fingerprint density at radius 3 is 2.17 bits per heavy atom. The predicted molar refractivity (Wildman–Crippen MR) is 133 cm³/mol. The number of carboxylic acids is 1. The summed E-state index contributed by atoms with van der Waals surface area (Å²) < 4.78 is 5.64. The van der Waals surface area contributed by atoms with Crippen molar-refractivity contribution in [3.8, 4) is 11.1 Å². The fourth-order valence-electron chi connectivity index (χ4n) is 5.46. The second-order valence-electron chi connectivity index (χ2n) is 9.67.